The van der Waals surface area contributed by atoms with Gasteiger partial charge in [-0.3, -0.25) is 4.79 Å². The van der Waals surface area contributed by atoms with E-state index in [9.17, 15) is 9.59 Å². The van der Waals surface area contributed by atoms with E-state index in [0.717, 1.165) is 21.0 Å². The standard InChI is InChI=1S/C20H23N3O5S/c1-4-28-20(25)23-8-7-12-15(10-23)29-19-16(12)18(24)21-17(22-19)11-5-6-13(26-2)14(9-11)27-3/h5-6,9,17,22H,4,7-8,10H2,1-3H3,(H,21,24). The molecule has 0 saturated heterocycles. The lowest BCUT2D eigenvalue weighted by Gasteiger charge is -2.28. The van der Waals surface area contributed by atoms with Crippen molar-refractivity contribution < 1.29 is 23.8 Å². The van der Waals surface area contributed by atoms with Gasteiger partial charge in [-0.05, 0) is 36.6 Å². The van der Waals surface area contributed by atoms with Crippen LogP contribution in [0.25, 0.3) is 0 Å². The Morgan fingerprint density at radius 2 is 2.03 bits per heavy atom. The lowest BCUT2D eigenvalue weighted by atomic mass is 10.0. The van der Waals surface area contributed by atoms with E-state index >= 15 is 0 Å². The normalized spacial score (nSPS) is 17.6. The molecule has 8 nitrogen and oxygen atoms in total. The second-order valence-corrected chi connectivity index (χ2v) is 7.85. The number of rotatable bonds is 4. The minimum absolute atomic E-state index is 0.111. The molecule has 0 spiro atoms. The topological polar surface area (TPSA) is 89.1 Å². The molecule has 0 aliphatic carbocycles. The van der Waals surface area contributed by atoms with Gasteiger partial charge in [-0.1, -0.05) is 6.07 Å². The summed E-state index contributed by atoms with van der Waals surface area (Å²) in [6.45, 7) is 3.14. The molecular weight excluding hydrogens is 394 g/mol. The van der Waals surface area contributed by atoms with Gasteiger partial charge in [0.05, 0.1) is 32.9 Å². The van der Waals surface area contributed by atoms with Gasteiger partial charge in [0.1, 0.15) is 11.2 Å². The zero-order valence-electron chi connectivity index (χ0n) is 16.5. The van der Waals surface area contributed by atoms with E-state index < -0.39 is 0 Å². The summed E-state index contributed by atoms with van der Waals surface area (Å²) in [7, 11) is 3.16. The largest absolute Gasteiger partial charge is 0.493 e. The molecule has 2 amide bonds. The van der Waals surface area contributed by atoms with Gasteiger partial charge in [0.25, 0.3) is 5.91 Å². The van der Waals surface area contributed by atoms with E-state index in [4.69, 9.17) is 14.2 Å². The molecule has 0 radical (unpaired) electrons. The fourth-order valence-electron chi connectivity index (χ4n) is 3.69. The number of nitrogens with one attached hydrogen (secondary N) is 2. The zero-order valence-corrected chi connectivity index (χ0v) is 17.4. The van der Waals surface area contributed by atoms with Gasteiger partial charge < -0.3 is 29.7 Å². The van der Waals surface area contributed by atoms with Crippen molar-refractivity contribution in [1.29, 1.82) is 0 Å². The number of nitrogens with zero attached hydrogens (tertiary/aromatic N) is 1. The summed E-state index contributed by atoms with van der Waals surface area (Å²) in [6, 6.07) is 5.55. The lowest BCUT2D eigenvalue weighted by Crippen LogP contribution is -2.39. The molecule has 2 N–H and O–H groups in total. The number of hydrogen-bond acceptors (Lipinski definition) is 7. The maximum absolute atomic E-state index is 12.9. The van der Waals surface area contributed by atoms with Crippen LogP contribution in [-0.2, 0) is 17.7 Å². The average Bonchev–Trinajstić information content (AvgIpc) is 3.11. The summed E-state index contributed by atoms with van der Waals surface area (Å²) < 4.78 is 15.8. The van der Waals surface area contributed by atoms with E-state index in [1.54, 1.807) is 26.0 Å². The fraction of sp³-hybridized carbons (Fsp3) is 0.400. The number of carbonyl (C=O) groups excluding carboxylic acids is 2. The molecule has 4 rings (SSSR count). The average molecular weight is 417 g/mol. The molecule has 154 valence electrons. The third-order valence-electron chi connectivity index (χ3n) is 5.10. The van der Waals surface area contributed by atoms with Crippen molar-refractivity contribution in [2.75, 3.05) is 32.7 Å². The number of amides is 2. The highest BCUT2D eigenvalue weighted by atomic mass is 32.1. The van der Waals surface area contributed by atoms with Gasteiger partial charge in [0.2, 0.25) is 0 Å². The molecule has 0 bridgehead atoms. The Morgan fingerprint density at radius 3 is 2.76 bits per heavy atom. The Balaban J connectivity index is 1.60. The summed E-state index contributed by atoms with van der Waals surface area (Å²) in [5.74, 6) is 1.12. The molecule has 2 aliphatic rings. The van der Waals surface area contributed by atoms with Crippen LogP contribution in [0.5, 0.6) is 11.5 Å². The van der Waals surface area contributed by atoms with Crippen molar-refractivity contribution in [1.82, 2.24) is 10.2 Å². The van der Waals surface area contributed by atoms with Crippen molar-refractivity contribution in [3.63, 3.8) is 0 Å². The summed E-state index contributed by atoms with van der Waals surface area (Å²) in [6.07, 6.45) is -0.0583. The molecule has 1 unspecified atom stereocenters. The Bertz CT molecular complexity index is 958. The predicted molar refractivity (Wildman–Crippen MR) is 109 cm³/mol. The zero-order chi connectivity index (χ0) is 20.5. The number of fused-ring (bicyclic) bond motifs is 3. The number of benzene rings is 1. The van der Waals surface area contributed by atoms with Crippen LogP contribution in [0, 0.1) is 0 Å². The molecule has 2 aliphatic heterocycles. The summed E-state index contributed by atoms with van der Waals surface area (Å²) in [5, 5.41) is 7.26. The first-order valence-electron chi connectivity index (χ1n) is 9.41. The van der Waals surface area contributed by atoms with Gasteiger partial charge >= 0.3 is 6.09 Å². The number of ether oxygens (including phenoxy) is 3. The lowest BCUT2D eigenvalue weighted by molar-refractivity contribution is 0.0934. The molecule has 1 aromatic carbocycles. The van der Waals surface area contributed by atoms with Crippen molar-refractivity contribution >= 4 is 28.3 Å². The molecule has 0 saturated carbocycles. The molecule has 9 heteroatoms. The van der Waals surface area contributed by atoms with Crippen LogP contribution in [0.4, 0.5) is 9.80 Å². The van der Waals surface area contributed by atoms with Crippen molar-refractivity contribution in [3.8, 4) is 11.5 Å². The molecular formula is C20H23N3O5S. The quantitative estimate of drug-likeness (QED) is 0.795. The molecule has 1 aromatic heterocycles. The second kappa shape index (κ2) is 7.82. The number of methoxy groups -OCH3 is 2. The summed E-state index contributed by atoms with van der Waals surface area (Å²) in [5.41, 5.74) is 2.56. The number of hydrogen-bond donors (Lipinski definition) is 2. The summed E-state index contributed by atoms with van der Waals surface area (Å²) in [4.78, 5) is 27.6. The summed E-state index contributed by atoms with van der Waals surface area (Å²) >= 11 is 1.52. The third kappa shape index (κ3) is 3.46. The number of carbonyl (C=O) groups is 2. The highest BCUT2D eigenvalue weighted by Gasteiger charge is 2.34. The smallest absolute Gasteiger partial charge is 0.410 e. The molecule has 3 heterocycles. The van der Waals surface area contributed by atoms with E-state index in [2.05, 4.69) is 10.6 Å². The first-order chi connectivity index (χ1) is 14.0. The number of thiophene rings is 1. The van der Waals surface area contributed by atoms with Crippen LogP contribution in [0.15, 0.2) is 18.2 Å². The van der Waals surface area contributed by atoms with E-state index in [-0.39, 0.29) is 18.2 Å². The van der Waals surface area contributed by atoms with Crippen LogP contribution in [0.1, 0.15) is 39.5 Å². The van der Waals surface area contributed by atoms with Crippen LogP contribution in [-0.4, -0.2) is 44.3 Å². The third-order valence-corrected chi connectivity index (χ3v) is 6.25. The van der Waals surface area contributed by atoms with Crippen molar-refractivity contribution in [2.45, 2.75) is 26.1 Å². The van der Waals surface area contributed by atoms with E-state index in [1.165, 1.54) is 11.3 Å². The minimum atomic E-state index is -0.379. The highest BCUT2D eigenvalue weighted by Crippen LogP contribution is 2.41. The highest BCUT2D eigenvalue weighted by molar-refractivity contribution is 7.16. The SMILES string of the molecule is CCOC(=O)N1CCc2c(sc3c2C(=O)NC(c2ccc(OC)c(OC)c2)N3)C1. The number of anilines is 1. The predicted octanol–water partition coefficient (Wildman–Crippen LogP) is 3.13. The Hall–Kier alpha value is -2.94. The van der Waals surface area contributed by atoms with E-state index in [0.29, 0.717) is 43.2 Å². The van der Waals surface area contributed by atoms with E-state index in [1.807, 2.05) is 18.2 Å². The van der Waals surface area contributed by atoms with Gasteiger partial charge in [-0.2, -0.15) is 0 Å². The molecule has 29 heavy (non-hydrogen) atoms. The van der Waals surface area contributed by atoms with Gasteiger partial charge in [0.15, 0.2) is 11.5 Å². The maximum Gasteiger partial charge on any atom is 0.410 e. The fourth-order valence-corrected chi connectivity index (χ4v) is 4.97. The first kappa shape index (κ1) is 19.4. The van der Waals surface area contributed by atoms with Crippen LogP contribution in [0.2, 0.25) is 0 Å². The van der Waals surface area contributed by atoms with Gasteiger partial charge in [-0.25, -0.2) is 4.79 Å². The van der Waals surface area contributed by atoms with Crippen molar-refractivity contribution in [2.24, 2.45) is 0 Å². The van der Waals surface area contributed by atoms with Crippen molar-refractivity contribution in [3.05, 3.63) is 39.8 Å². The van der Waals surface area contributed by atoms with Crippen LogP contribution in [0.3, 0.4) is 0 Å². The Morgan fingerprint density at radius 1 is 1.24 bits per heavy atom. The minimum Gasteiger partial charge on any atom is -0.493 e. The molecule has 1 atom stereocenters. The van der Waals surface area contributed by atoms with Crippen LogP contribution >= 0.6 is 11.3 Å². The van der Waals surface area contributed by atoms with Gasteiger partial charge in [-0.15, -0.1) is 11.3 Å². The molecule has 0 fully saturated rings. The monoisotopic (exact) mass is 417 g/mol. The Labute approximate surface area is 172 Å². The van der Waals surface area contributed by atoms with Gasteiger partial charge in [0, 0.05) is 11.4 Å². The second-order valence-electron chi connectivity index (χ2n) is 6.74. The first-order valence-corrected chi connectivity index (χ1v) is 10.2. The molecule has 2 aromatic rings. The van der Waals surface area contributed by atoms with Crippen LogP contribution < -0.4 is 20.1 Å². The Kier molecular flexibility index (Phi) is 5.23. The maximum atomic E-state index is 12.9.